The molecule has 1 aliphatic heterocycles. The Bertz CT molecular complexity index is 743. The van der Waals surface area contributed by atoms with Crippen molar-refractivity contribution in [1.29, 1.82) is 0 Å². The lowest BCUT2D eigenvalue weighted by molar-refractivity contribution is 0.00303. The molecule has 1 aromatic carbocycles. The maximum absolute atomic E-state index is 13.3. The molecular formula is C18H24FN3O2. The highest BCUT2D eigenvalue weighted by Gasteiger charge is 2.32. The second-order valence-corrected chi connectivity index (χ2v) is 7.02. The lowest BCUT2D eigenvalue weighted by Gasteiger charge is -2.29. The average molecular weight is 333 g/mol. The van der Waals surface area contributed by atoms with Crippen LogP contribution < -0.4 is 0 Å². The van der Waals surface area contributed by atoms with Crippen molar-refractivity contribution in [1.82, 2.24) is 14.8 Å². The number of carbonyl (C=O) groups excluding carboxylic acids is 1. The smallest absolute Gasteiger partial charge is 0.270 e. The minimum Gasteiger partial charge on any atom is -0.388 e. The molecule has 1 fully saturated rings. The number of aliphatic hydroxyl groups is 1. The molecule has 130 valence electrons. The maximum atomic E-state index is 13.3. The summed E-state index contributed by atoms with van der Waals surface area (Å²) in [4.78, 5) is 19.6. The zero-order chi connectivity index (χ0) is 17.3. The summed E-state index contributed by atoms with van der Waals surface area (Å²) in [5, 5.41) is 11.4. The number of benzene rings is 1. The van der Waals surface area contributed by atoms with Gasteiger partial charge < -0.3 is 19.9 Å². The van der Waals surface area contributed by atoms with Gasteiger partial charge >= 0.3 is 0 Å². The first-order valence-electron chi connectivity index (χ1n) is 8.31. The number of likely N-dealkylation sites (tertiary alicyclic amines) is 1. The second kappa shape index (κ2) is 6.53. The lowest BCUT2D eigenvalue weighted by atomic mass is 9.94. The van der Waals surface area contributed by atoms with Crippen LogP contribution in [0.1, 0.15) is 29.8 Å². The Morgan fingerprint density at radius 2 is 2.12 bits per heavy atom. The number of hydrogen-bond donors (Lipinski definition) is 2. The van der Waals surface area contributed by atoms with Gasteiger partial charge in [-0.05, 0) is 57.6 Å². The molecule has 2 heterocycles. The van der Waals surface area contributed by atoms with Crippen molar-refractivity contribution in [2.45, 2.75) is 24.9 Å². The summed E-state index contributed by atoms with van der Waals surface area (Å²) < 4.78 is 13.3. The Labute approximate surface area is 141 Å². The second-order valence-electron chi connectivity index (χ2n) is 7.02. The zero-order valence-corrected chi connectivity index (χ0v) is 14.2. The Balaban J connectivity index is 1.74. The summed E-state index contributed by atoms with van der Waals surface area (Å²) >= 11 is 0. The van der Waals surface area contributed by atoms with Gasteiger partial charge in [-0.2, -0.15) is 0 Å². The first-order chi connectivity index (χ1) is 11.4. The molecule has 0 unspecified atom stereocenters. The van der Waals surface area contributed by atoms with E-state index in [1.807, 2.05) is 19.0 Å². The van der Waals surface area contributed by atoms with Crippen LogP contribution in [-0.2, 0) is 0 Å². The molecule has 1 amide bonds. The molecule has 1 atom stereocenters. The molecule has 1 aliphatic rings. The van der Waals surface area contributed by atoms with Gasteiger partial charge in [0.2, 0.25) is 0 Å². The normalized spacial score (nSPS) is 22.1. The number of fused-ring (bicyclic) bond motifs is 1. The minimum absolute atomic E-state index is 0.0966. The summed E-state index contributed by atoms with van der Waals surface area (Å²) in [6.07, 6.45) is 2.02. The average Bonchev–Trinajstić information content (AvgIpc) is 2.82. The van der Waals surface area contributed by atoms with Gasteiger partial charge in [-0.1, -0.05) is 0 Å². The van der Waals surface area contributed by atoms with Gasteiger partial charge in [-0.3, -0.25) is 4.79 Å². The highest BCUT2D eigenvalue weighted by Crippen LogP contribution is 2.25. The van der Waals surface area contributed by atoms with Gasteiger partial charge in [-0.15, -0.1) is 0 Å². The number of amides is 1. The predicted octanol–water partition coefficient (Wildman–Crippen LogP) is 2.23. The maximum Gasteiger partial charge on any atom is 0.270 e. The molecule has 0 bridgehead atoms. The van der Waals surface area contributed by atoms with E-state index in [9.17, 15) is 14.3 Å². The molecule has 5 nitrogen and oxygen atoms in total. The molecule has 0 saturated carbocycles. The quantitative estimate of drug-likeness (QED) is 0.905. The standard InChI is InChI=1S/C18H24FN3O2/c1-21(2)12-18(24)6-3-8-22(9-7-18)17(23)16-11-13-10-14(19)4-5-15(13)20-16/h4-5,10-11,20,24H,3,6-9,12H2,1-2H3/t18-/m1/s1. The minimum atomic E-state index is -0.748. The van der Waals surface area contributed by atoms with E-state index in [0.29, 0.717) is 43.6 Å². The highest BCUT2D eigenvalue weighted by molar-refractivity contribution is 5.98. The number of aromatic amines is 1. The molecule has 6 heteroatoms. The van der Waals surface area contributed by atoms with Crippen LogP contribution in [0.2, 0.25) is 0 Å². The van der Waals surface area contributed by atoms with Gasteiger partial charge in [0.05, 0.1) is 5.60 Å². The van der Waals surface area contributed by atoms with Gasteiger partial charge in [0, 0.05) is 30.5 Å². The fourth-order valence-corrected chi connectivity index (χ4v) is 3.52. The van der Waals surface area contributed by atoms with Gasteiger partial charge in [0.1, 0.15) is 11.5 Å². The molecule has 0 spiro atoms. The van der Waals surface area contributed by atoms with Gasteiger partial charge in [-0.25, -0.2) is 4.39 Å². The number of H-pyrrole nitrogens is 1. The number of nitrogens with zero attached hydrogens (tertiary/aromatic N) is 2. The first-order valence-corrected chi connectivity index (χ1v) is 8.31. The van der Waals surface area contributed by atoms with Crippen molar-refractivity contribution in [2.24, 2.45) is 0 Å². The monoisotopic (exact) mass is 333 g/mol. The van der Waals surface area contributed by atoms with E-state index in [1.165, 1.54) is 12.1 Å². The molecule has 2 aromatic rings. The highest BCUT2D eigenvalue weighted by atomic mass is 19.1. The van der Waals surface area contributed by atoms with Crippen LogP contribution in [0.4, 0.5) is 4.39 Å². The number of hydrogen-bond acceptors (Lipinski definition) is 3. The molecule has 0 radical (unpaired) electrons. The lowest BCUT2D eigenvalue weighted by Crippen LogP contribution is -2.41. The molecule has 1 aromatic heterocycles. The van der Waals surface area contributed by atoms with Crippen molar-refractivity contribution in [3.8, 4) is 0 Å². The van der Waals surface area contributed by atoms with E-state index in [2.05, 4.69) is 4.98 Å². The van der Waals surface area contributed by atoms with Crippen LogP contribution >= 0.6 is 0 Å². The van der Waals surface area contributed by atoms with Crippen molar-refractivity contribution in [2.75, 3.05) is 33.7 Å². The fraction of sp³-hybridized carbons (Fsp3) is 0.500. The first kappa shape index (κ1) is 16.9. The van der Waals surface area contributed by atoms with Gasteiger partial charge in [0.25, 0.3) is 5.91 Å². The molecule has 2 N–H and O–H groups in total. The van der Waals surface area contributed by atoms with Crippen LogP contribution in [-0.4, -0.2) is 65.1 Å². The number of aromatic nitrogens is 1. The van der Waals surface area contributed by atoms with Crippen LogP contribution in [0.15, 0.2) is 24.3 Å². The topological polar surface area (TPSA) is 59.6 Å². The van der Waals surface area contributed by atoms with Crippen LogP contribution in [0.3, 0.4) is 0 Å². The van der Waals surface area contributed by atoms with Crippen molar-refractivity contribution >= 4 is 16.8 Å². The van der Waals surface area contributed by atoms with Crippen LogP contribution in [0.25, 0.3) is 10.9 Å². The fourth-order valence-electron chi connectivity index (χ4n) is 3.52. The molecule has 0 aliphatic carbocycles. The van der Waals surface area contributed by atoms with Crippen molar-refractivity contribution in [3.05, 3.63) is 35.8 Å². The predicted molar refractivity (Wildman–Crippen MR) is 91.5 cm³/mol. The molecule has 1 saturated heterocycles. The van der Waals surface area contributed by atoms with Crippen LogP contribution in [0, 0.1) is 5.82 Å². The third-order valence-electron chi connectivity index (χ3n) is 4.63. The number of likely N-dealkylation sites (N-methyl/N-ethyl adjacent to an activating group) is 1. The van der Waals surface area contributed by atoms with Crippen molar-refractivity contribution in [3.63, 3.8) is 0 Å². The summed E-state index contributed by atoms with van der Waals surface area (Å²) in [7, 11) is 3.88. The SMILES string of the molecule is CN(C)C[C@@]1(O)CCCN(C(=O)c2cc3cc(F)ccc3[nH]2)CC1. The number of rotatable bonds is 3. The van der Waals surface area contributed by atoms with E-state index in [1.54, 1.807) is 17.0 Å². The van der Waals surface area contributed by atoms with Gasteiger partial charge in [0.15, 0.2) is 0 Å². The third kappa shape index (κ3) is 3.60. The van der Waals surface area contributed by atoms with E-state index in [-0.39, 0.29) is 11.7 Å². The summed E-state index contributed by atoms with van der Waals surface area (Å²) in [5.74, 6) is -0.412. The van der Waals surface area contributed by atoms with Crippen LogP contribution in [0.5, 0.6) is 0 Å². The summed E-state index contributed by atoms with van der Waals surface area (Å²) in [5.41, 5.74) is 0.467. The zero-order valence-electron chi connectivity index (χ0n) is 14.2. The Morgan fingerprint density at radius 3 is 2.88 bits per heavy atom. The molecule has 3 rings (SSSR count). The number of nitrogens with one attached hydrogen (secondary N) is 1. The Kier molecular flexibility index (Phi) is 4.60. The van der Waals surface area contributed by atoms with E-state index < -0.39 is 5.60 Å². The number of halogens is 1. The number of carbonyl (C=O) groups is 1. The van der Waals surface area contributed by atoms with E-state index in [0.717, 1.165) is 11.9 Å². The third-order valence-corrected chi connectivity index (χ3v) is 4.63. The molecular weight excluding hydrogens is 309 g/mol. The summed E-state index contributed by atoms with van der Waals surface area (Å²) in [6.45, 7) is 1.74. The van der Waals surface area contributed by atoms with Crippen molar-refractivity contribution < 1.29 is 14.3 Å². The Hall–Kier alpha value is -1.92. The summed E-state index contributed by atoms with van der Waals surface area (Å²) in [6, 6.07) is 6.12. The van der Waals surface area contributed by atoms with E-state index in [4.69, 9.17) is 0 Å². The van der Waals surface area contributed by atoms with E-state index >= 15 is 0 Å². The largest absolute Gasteiger partial charge is 0.388 e. The Morgan fingerprint density at radius 1 is 1.33 bits per heavy atom. The molecule has 24 heavy (non-hydrogen) atoms.